The smallest absolute Gasteiger partial charge is 0.305 e. The molecular weight excluding hydrogens is 1030 g/mol. The van der Waals surface area contributed by atoms with E-state index in [1.165, 1.54) is 385 Å². The fourth-order valence-electron chi connectivity index (χ4n) is 12.6. The van der Waals surface area contributed by atoms with Crippen molar-refractivity contribution in [3.63, 3.8) is 0 Å². The predicted molar refractivity (Wildman–Crippen MR) is 370 cm³/mol. The number of aliphatic hydroxyl groups is 2. The van der Waals surface area contributed by atoms with Gasteiger partial charge in [0.25, 0.3) is 0 Å². The van der Waals surface area contributed by atoms with Gasteiger partial charge in [-0.3, -0.25) is 9.59 Å². The molecule has 84 heavy (non-hydrogen) atoms. The van der Waals surface area contributed by atoms with Crippen molar-refractivity contribution in [2.45, 2.75) is 463 Å². The van der Waals surface area contributed by atoms with Gasteiger partial charge in [0.2, 0.25) is 5.91 Å². The van der Waals surface area contributed by atoms with Crippen LogP contribution in [-0.4, -0.2) is 47.4 Å². The number of rotatable bonds is 74. The minimum atomic E-state index is -0.840. The van der Waals surface area contributed by atoms with E-state index in [0.29, 0.717) is 19.4 Å². The first-order valence-corrected chi connectivity index (χ1v) is 39.0. The van der Waals surface area contributed by atoms with Crippen molar-refractivity contribution in [2.75, 3.05) is 13.2 Å². The van der Waals surface area contributed by atoms with E-state index in [9.17, 15) is 19.8 Å². The number of amides is 1. The molecule has 0 aliphatic heterocycles. The lowest BCUT2D eigenvalue weighted by Gasteiger charge is -2.20. The Morgan fingerprint density at radius 1 is 0.321 bits per heavy atom. The Morgan fingerprint density at radius 3 is 0.810 bits per heavy atom. The molecule has 3 N–H and O–H groups in total. The Hall–Kier alpha value is -1.40. The van der Waals surface area contributed by atoms with E-state index in [2.05, 4.69) is 19.2 Å². The molecule has 6 heteroatoms. The Kier molecular flexibility index (Phi) is 72.8. The standard InChI is InChI=1S/C78H153NO5/c1-3-5-7-9-11-13-15-16-17-18-38-41-44-47-51-54-58-62-66-70-76(81)75(74-80)79-77(82)71-67-63-59-55-52-48-45-42-39-36-34-32-30-28-26-24-22-20-19-21-23-25-27-29-31-33-35-37-40-43-46-49-53-57-61-65-69-73-84-78(83)72-68-64-60-56-50-14-12-10-8-6-4-2/h66,70,75-76,80-81H,3-65,67-69,71-74H2,1-2H3,(H,79,82)/b70-66+. The number of hydrogen-bond donors (Lipinski definition) is 3. The lowest BCUT2D eigenvalue weighted by atomic mass is 10.0. The first kappa shape index (κ1) is 82.6. The highest BCUT2D eigenvalue weighted by Crippen LogP contribution is 2.20. The largest absolute Gasteiger partial charge is 0.466 e. The highest BCUT2D eigenvalue weighted by atomic mass is 16.5. The zero-order chi connectivity index (χ0) is 60.6. The van der Waals surface area contributed by atoms with Crippen LogP contribution >= 0.6 is 0 Å². The van der Waals surface area contributed by atoms with Crippen LogP contribution in [-0.2, 0) is 14.3 Å². The first-order chi connectivity index (χ1) is 41.5. The van der Waals surface area contributed by atoms with Crippen LogP contribution in [0.2, 0.25) is 0 Å². The van der Waals surface area contributed by atoms with Gasteiger partial charge >= 0.3 is 5.97 Å². The van der Waals surface area contributed by atoms with Crippen molar-refractivity contribution in [3.05, 3.63) is 12.2 Å². The van der Waals surface area contributed by atoms with E-state index >= 15 is 0 Å². The fraction of sp³-hybridized carbons (Fsp3) is 0.949. The maximum atomic E-state index is 12.5. The van der Waals surface area contributed by atoms with E-state index < -0.39 is 12.1 Å². The minimum Gasteiger partial charge on any atom is -0.466 e. The lowest BCUT2D eigenvalue weighted by molar-refractivity contribution is -0.143. The van der Waals surface area contributed by atoms with E-state index in [-0.39, 0.29) is 18.5 Å². The van der Waals surface area contributed by atoms with Gasteiger partial charge in [0.15, 0.2) is 0 Å². The number of unbranched alkanes of at least 4 members (excludes halogenated alkanes) is 63. The summed E-state index contributed by atoms with van der Waals surface area (Å²) in [6, 6.07) is -0.623. The van der Waals surface area contributed by atoms with Crippen LogP contribution in [0.4, 0.5) is 0 Å². The molecule has 0 rings (SSSR count). The van der Waals surface area contributed by atoms with E-state index in [1.54, 1.807) is 6.08 Å². The number of aliphatic hydroxyl groups excluding tert-OH is 2. The van der Waals surface area contributed by atoms with Crippen LogP contribution < -0.4 is 5.32 Å². The zero-order valence-electron chi connectivity index (χ0n) is 57.4. The number of carbonyl (C=O) groups is 2. The van der Waals surface area contributed by atoms with Crippen molar-refractivity contribution >= 4 is 11.9 Å². The molecule has 500 valence electrons. The summed E-state index contributed by atoms with van der Waals surface area (Å²) in [4.78, 5) is 24.5. The van der Waals surface area contributed by atoms with Gasteiger partial charge in [0.1, 0.15) is 0 Å². The van der Waals surface area contributed by atoms with Crippen LogP contribution in [0, 0.1) is 0 Å². The Labute approximate surface area is 527 Å². The molecule has 0 radical (unpaired) electrons. The van der Waals surface area contributed by atoms with Gasteiger partial charge in [-0.15, -0.1) is 0 Å². The molecule has 0 saturated carbocycles. The number of hydrogen-bond acceptors (Lipinski definition) is 5. The molecule has 0 aliphatic rings. The molecule has 0 fully saturated rings. The highest BCUT2D eigenvalue weighted by Gasteiger charge is 2.18. The lowest BCUT2D eigenvalue weighted by Crippen LogP contribution is -2.45. The SMILES string of the molecule is CCCCCCCCCCCCCCCCCCC/C=C/C(O)C(CO)NC(=O)CCCCCCCCCCCCCCCCCCCCCCCCCCCCCCCCCCCCCCCOC(=O)CCCCCCCCCCCCC. The Balaban J connectivity index is 3.32. The van der Waals surface area contributed by atoms with E-state index in [1.807, 2.05) is 6.08 Å². The summed E-state index contributed by atoms with van der Waals surface area (Å²) < 4.78 is 5.48. The van der Waals surface area contributed by atoms with E-state index in [4.69, 9.17) is 4.74 Å². The zero-order valence-corrected chi connectivity index (χ0v) is 57.4. The molecule has 2 atom stereocenters. The first-order valence-electron chi connectivity index (χ1n) is 39.0. The third kappa shape index (κ3) is 69.7. The molecule has 2 unspecified atom stereocenters. The quantitative estimate of drug-likeness (QED) is 0.0320. The Bertz CT molecular complexity index is 1270. The van der Waals surface area contributed by atoms with Gasteiger partial charge in [0.05, 0.1) is 25.4 Å². The molecule has 0 aliphatic carbocycles. The molecule has 0 aromatic rings. The molecule has 6 nitrogen and oxygen atoms in total. The second-order valence-electron chi connectivity index (χ2n) is 27.1. The van der Waals surface area contributed by atoms with Gasteiger partial charge in [0, 0.05) is 12.8 Å². The summed E-state index contributed by atoms with van der Waals surface area (Å²) >= 11 is 0. The summed E-state index contributed by atoms with van der Waals surface area (Å²) in [5.41, 5.74) is 0. The number of esters is 1. The van der Waals surface area contributed by atoms with Gasteiger partial charge in [-0.1, -0.05) is 418 Å². The van der Waals surface area contributed by atoms with Gasteiger partial charge in [-0.25, -0.2) is 0 Å². The topological polar surface area (TPSA) is 95.9 Å². The molecule has 0 aromatic carbocycles. The van der Waals surface area contributed by atoms with E-state index in [0.717, 1.165) is 38.5 Å². The second-order valence-corrected chi connectivity index (χ2v) is 27.1. The molecule has 0 saturated heterocycles. The summed E-state index contributed by atoms with van der Waals surface area (Å²) in [7, 11) is 0. The maximum Gasteiger partial charge on any atom is 0.305 e. The molecule has 0 spiro atoms. The van der Waals surface area contributed by atoms with Crippen LogP contribution in [0.3, 0.4) is 0 Å². The van der Waals surface area contributed by atoms with Crippen molar-refractivity contribution in [1.82, 2.24) is 5.32 Å². The second kappa shape index (κ2) is 74.1. The molecule has 0 aromatic heterocycles. The number of carbonyl (C=O) groups excluding carboxylic acids is 2. The number of nitrogens with one attached hydrogen (secondary N) is 1. The molecule has 1 amide bonds. The number of ether oxygens (including phenoxy) is 1. The van der Waals surface area contributed by atoms with Gasteiger partial charge < -0.3 is 20.3 Å². The van der Waals surface area contributed by atoms with Crippen LogP contribution in [0.5, 0.6) is 0 Å². The number of allylic oxidation sites excluding steroid dienone is 1. The Morgan fingerprint density at radius 2 is 0.548 bits per heavy atom. The average molecular weight is 1190 g/mol. The van der Waals surface area contributed by atoms with Crippen molar-refractivity contribution in [3.8, 4) is 0 Å². The van der Waals surface area contributed by atoms with Crippen LogP contribution in [0.1, 0.15) is 450 Å². The van der Waals surface area contributed by atoms with Crippen molar-refractivity contribution < 1.29 is 24.5 Å². The fourth-order valence-corrected chi connectivity index (χ4v) is 12.6. The van der Waals surface area contributed by atoms with Crippen LogP contribution in [0.25, 0.3) is 0 Å². The van der Waals surface area contributed by atoms with Crippen molar-refractivity contribution in [1.29, 1.82) is 0 Å². The molecular formula is C78H153NO5. The normalized spacial score (nSPS) is 12.5. The average Bonchev–Trinajstić information content (AvgIpc) is 3.50. The van der Waals surface area contributed by atoms with Gasteiger partial charge in [-0.2, -0.15) is 0 Å². The summed E-state index contributed by atoms with van der Waals surface area (Å²) in [5, 5.41) is 23.3. The van der Waals surface area contributed by atoms with Gasteiger partial charge in [-0.05, 0) is 32.1 Å². The summed E-state index contributed by atoms with van der Waals surface area (Å²) in [6.45, 7) is 4.95. The highest BCUT2D eigenvalue weighted by molar-refractivity contribution is 5.76. The van der Waals surface area contributed by atoms with Crippen molar-refractivity contribution in [2.24, 2.45) is 0 Å². The summed E-state index contributed by atoms with van der Waals surface area (Å²) in [6.07, 6.45) is 93.4. The minimum absolute atomic E-state index is 0.0238. The molecule has 0 bridgehead atoms. The molecule has 0 heterocycles. The summed E-state index contributed by atoms with van der Waals surface area (Å²) in [5.74, 6) is -0.0337. The third-order valence-corrected chi connectivity index (χ3v) is 18.6. The third-order valence-electron chi connectivity index (χ3n) is 18.6. The van der Waals surface area contributed by atoms with Crippen LogP contribution in [0.15, 0.2) is 12.2 Å². The monoisotopic (exact) mass is 1180 g/mol. The maximum absolute atomic E-state index is 12.5. The predicted octanol–water partition coefficient (Wildman–Crippen LogP) is 25.5.